The second-order valence-corrected chi connectivity index (χ2v) is 8.58. The fraction of sp³-hybridized carbons (Fsp3) is 0.250. The highest BCUT2D eigenvalue weighted by atomic mass is 16.1. The van der Waals surface area contributed by atoms with E-state index in [-0.39, 0.29) is 5.78 Å². The summed E-state index contributed by atoms with van der Waals surface area (Å²) < 4.78 is 1.60. The van der Waals surface area contributed by atoms with Gasteiger partial charge in [-0.15, -0.1) is 5.10 Å². The highest BCUT2D eigenvalue weighted by Crippen LogP contribution is 2.24. The standard InChI is InChI=1S/C14H14N4O.C14H16N4/c1-8-5-13(11(4)19)10(3)14(16-8)18-9(2)6-12(7-15)17-18;1-4-15-13-9-12(7-5-10(13)2)16-14-8-6-11(3)17-18-14/h5-6H,1-4H3;4-9H,1-3H3,(H,16,18). The molecular weight excluding hydrogens is 464 g/mol. The van der Waals surface area contributed by atoms with Gasteiger partial charge in [-0.05, 0) is 90.4 Å². The maximum Gasteiger partial charge on any atom is 0.163 e. The second kappa shape index (κ2) is 11.8. The lowest BCUT2D eigenvalue weighted by Crippen LogP contribution is -2.09. The lowest BCUT2D eigenvalue weighted by molar-refractivity contribution is 0.101. The third-order valence-electron chi connectivity index (χ3n) is 5.50. The Balaban J connectivity index is 0.000000206. The minimum Gasteiger partial charge on any atom is -0.339 e. The zero-order chi connectivity index (χ0) is 27.1. The molecule has 0 aliphatic carbocycles. The predicted octanol–water partition coefficient (Wildman–Crippen LogP) is 5.83. The van der Waals surface area contributed by atoms with Crippen LogP contribution in [-0.2, 0) is 0 Å². The van der Waals surface area contributed by atoms with E-state index in [2.05, 4.69) is 30.6 Å². The Morgan fingerprint density at radius 3 is 2.38 bits per heavy atom. The summed E-state index contributed by atoms with van der Waals surface area (Å²) in [6, 6.07) is 15.3. The summed E-state index contributed by atoms with van der Waals surface area (Å²) in [5.74, 6) is 1.33. The molecule has 0 radical (unpaired) electrons. The van der Waals surface area contributed by atoms with Gasteiger partial charge in [-0.1, -0.05) is 6.07 Å². The van der Waals surface area contributed by atoms with Crippen molar-refractivity contribution in [3.63, 3.8) is 0 Å². The number of anilines is 2. The molecule has 0 spiro atoms. The molecule has 0 bridgehead atoms. The van der Waals surface area contributed by atoms with Crippen LogP contribution in [0.1, 0.15) is 58.1 Å². The van der Waals surface area contributed by atoms with Crippen molar-refractivity contribution in [3.8, 4) is 11.9 Å². The van der Waals surface area contributed by atoms with Gasteiger partial charge in [-0.25, -0.2) is 9.67 Å². The largest absolute Gasteiger partial charge is 0.339 e. The van der Waals surface area contributed by atoms with Crippen LogP contribution >= 0.6 is 0 Å². The minimum atomic E-state index is -0.00503. The number of nitrogens with one attached hydrogen (secondary N) is 1. The first-order valence-electron chi connectivity index (χ1n) is 11.8. The Hall–Kier alpha value is -4.71. The van der Waals surface area contributed by atoms with Crippen LogP contribution in [0.2, 0.25) is 0 Å². The minimum absolute atomic E-state index is 0.00503. The molecule has 0 fully saturated rings. The molecule has 3 heterocycles. The lowest BCUT2D eigenvalue weighted by atomic mass is 10.1. The molecule has 4 rings (SSSR count). The van der Waals surface area contributed by atoms with Gasteiger partial charge in [0.2, 0.25) is 0 Å². The van der Waals surface area contributed by atoms with Gasteiger partial charge in [0.05, 0.1) is 11.4 Å². The van der Waals surface area contributed by atoms with Crippen molar-refractivity contribution in [2.24, 2.45) is 4.99 Å². The van der Waals surface area contributed by atoms with Crippen LogP contribution in [0.25, 0.3) is 5.82 Å². The summed E-state index contributed by atoms with van der Waals surface area (Å²) in [6.07, 6.45) is 1.79. The third-order valence-corrected chi connectivity index (χ3v) is 5.50. The highest BCUT2D eigenvalue weighted by Gasteiger charge is 2.15. The number of aromatic nitrogens is 5. The summed E-state index contributed by atoms with van der Waals surface area (Å²) in [5.41, 5.74) is 7.28. The molecule has 4 aromatic rings. The second-order valence-electron chi connectivity index (χ2n) is 8.58. The predicted molar refractivity (Wildman–Crippen MR) is 145 cm³/mol. The number of carbonyl (C=O) groups excluding carboxylic acids is 1. The van der Waals surface area contributed by atoms with Gasteiger partial charge in [0.25, 0.3) is 0 Å². The number of aryl methyl sites for hydroxylation is 4. The van der Waals surface area contributed by atoms with Gasteiger partial charge < -0.3 is 5.32 Å². The quantitative estimate of drug-likeness (QED) is 0.274. The Morgan fingerprint density at radius 1 is 1.03 bits per heavy atom. The number of hydrogen-bond acceptors (Lipinski definition) is 8. The van der Waals surface area contributed by atoms with E-state index in [9.17, 15) is 4.79 Å². The van der Waals surface area contributed by atoms with Crippen LogP contribution in [0.5, 0.6) is 0 Å². The van der Waals surface area contributed by atoms with Crippen molar-refractivity contribution in [2.45, 2.75) is 48.5 Å². The number of benzene rings is 1. The van der Waals surface area contributed by atoms with E-state index in [0.29, 0.717) is 17.1 Å². The zero-order valence-electron chi connectivity index (χ0n) is 22.2. The molecule has 0 amide bonds. The summed E-state index contributed by atoms with van der Waals surface area (Å²) in [4.78, 5) is 20.4. The first-order valence-corrected chi connectivity index (χ1v) is 11.8. The molecule has 0 aliphatic rings. The number of aliphatic imine (C=N–C) groups is 1. The molecule has 0 saturated heterocycles. The van der Waals surface area contributed by atoms with Crippen LogP contribution in [0.4, 0.5) is 17.2 Å². The average molecular weight is 495 g/mol. The van der Waals surface area contributed by atoms with E-state index in [1.54, 1.807) is 23.0 Å². The van der Waals surface area contributed by atoms with Crippen molar-refractivity contribution < 1.29 is 4.79 Å². The van der Waals surface area contributed by atoms with Crippen LogP contribution in [0, 0.1) is 45.9 Å². The molecule has 9 nitrogen and oxygen atoms in total. The molecule has 1 N–H and O–H groups in total. The lowest BCUT2D eigenvalue weighted by Gasteiger charge is -2.11. The number of nitriles is 1. The van der Waals surface area contributed by atoms with Crippen molar-refractivity contribution in [3.05, 3.63) is 81.9 Å². The van der Waals surface area contributed by atoms with Gasteiger partial charge in [0, 0.05) is 34.4 Å². The molecule has 0 atom stereocenters. The van der Waals surface area contributed by atoms with E-state index >= 15 is 0 Å². The molecule has 0 saturated carbocycles. The number of rotatable bonds is 5. The Morgan fingerprint density at radius 2 is 1.78 bits per heavy atom. The van der Waals surface area contributed by atoms with Gasteiger partial charge in [0.15, 0.2) is 23.1 Å². The van der Waals surface area contributed by atoms with Crippen molar-refractivity contribution in [1.29, 1.82) is 5.26 Å². The van der Waals surface area contributed by atoms with Crippen molar-refractivity contribution >= 4 is 29.2 Å². The number of hydrogen-bond donors (Lipinski definition) is 1. The zero-order valence-corrected chi connectivity index (χ0v) is 22.2. The van der Waals surface area contributed by atoms with E-state index in [0.717, 1.165) is 45.4 Å². The number of ketones is 1. The first kappa shape index (κ1) is 26.9. The monoisotopic (exact) mass is 494 g/mol. The highest BCUT2D eigenvalue weighted by molar-refractivity contribution is 5.96. The molecule has 0 aliphatic heterocycles. The van der Waals surface area contributed by atoms with Crippen LogP contribution in [0.3, 0.4) is 0 Å². The maximum atomic E-state index is 11.6. The third kappa shape index (κ3) is 6.70. The smallest absolute Gasteiger partial charge is 0.163 e. The van der Waals surface area contributed by atoms with E-state index in [1.165, 1.54) is 6.92 Å². The Bertz CT molecular complexity index is 1490. The summed E-state index contributed by atoms with van der Waals surface area (Å²) in [5, 5.41) is 24.4. The Kier molecular flexibility index (Phi) is 8.59. The number of carbonyl (C=O) groups is 1. The first-order chi connectivity index (χ1) is 17.6. The van der Waals surface area contributed by atoms with Gasteiger partial charge >= 0.3 is 0 Å². The van der Waals surface area contributed by atoms with Crippen LogP contribution in [-0.4, -0.2) is 37.0 Å². The van der Waals surface area contributed by atoms with Gasteiger partial charge in [0.1, 0.15) is 6.07 Å². The fourth-order valence-electron chi connectivity index (χ4n) is 3.61. The fourth-order valence-corrected chi connectivity index (χ4v) is 3.61. The molecule has 1 aromatic carbocycles. The molecule has 188 valence electrons. The molecular formula is C28H30N8O. The molecule has 3 aromatic heterocycles. The van der Waals surface area contributed by atoms with Gasteiger partial charge in [-0.3, -0.25) is 9.79 Å². The molecule has 37 heavy (non-hydrogen) atoms. The van der Waals surface area contributed by atoms with Gasteiger partial charge in [-0.2, -0.15) is 15.5 Å². The van der Waals surface area contributed by atoms with E-state index in [1.807, 2.05) is 77.9 Å². The number of nitrogens with zero attached hydrogens (tertiary/aromatic N) is 7. The van der Waals surface area contributed by atoms with Crippen LogP contribution in [0.15, 0.2) is 47.5 Å². The number of Topliss-reactive ketones (excluding diaryl/α,β-unsaturated/α-hetero) is 1. The normalized spacial score (nSPS) is 10.5. The van der Waals surface area contributed by atoms with E-state index in [4.69, 9.17) is 5.26 Å². The summed E-state index contributed by atoms with van der Waals surface area (Å²) in [7, 11) is 0. The summed E-state index contributed by atoms with van der Waals surface area (Å²) in [6.45, 7) is 12.9. The topological polar surface area (TPSA) is 122 Å². The SMILES string of the molecule is CC(=O)c1cc(C)nc(-n2nc(C#N)cc2C)c1C.CC=Nc1cc(Nc2ccc(C)nn2)ccc1C. The number of pyridine rings is 1. The molecule has 9 heteroatoms. The van der Waals surface area contributed by atoms with Crippen molar-refractivity contribution in [2.75, 3.05) is 5.32 Å². The Labute approximate surface area is 216 Å². The molecule has 0 unspecified atom stereocenters. The van der Waals surface area contributed by atoms with E-state index < -0.39 is 0 Å². The van der Waals surface area contributed by atoms with Crippen molar-refractivity contribution in [1.82, 2.24) is 25.0 Å². The maximum absolute atomic E-state index is 11.6. The summed E-state index contributed by atoms with van der Waals surface area (Å²) >= 11 is 0. The van der Waals surface area contributed by atoms with Crippen LogP contribution < -0.4 is 5.32 Å². The average Bonchev–Trinajstić information content (AvgIpc) is 3.24.